The molecule has 3 aliphatic heterocycles. The van der Waals surface area contributed by atoms with Gasteiger partial charge in [0.1, 0.15) is 0 Å². The van der Waals surface area contributed by atoms with Crippen molar-refractivity contribution in [3.63, 3.8) is 0 Å². The van der Waals surface area contributed by atoms with E-state index in [0.29, 0.717) is 5.92 Å². The van der Waals surface area contributed by atoms with E-state index < -0.39 is 11.6 Å². The molecule has 0 radical (unpaired) electrons. The summed E-state index contributed by atoms with van der Waals surface area (Å²) in [4.78, 5) is 6.70. The molecule has 0 spiro atoms. The predicted octanol–water partition coefficient (Wildman–Crippen LogP) is 2.44. The highest BCUT2D eigenvalue weighted by Gasteiger charge is 2.34. The van der Waals surface area contributed by atoms with Crippen LogP contribution in [0.5, 0.6) is 0 Å². The lowest BCUT2D eigenvalue weighted by molar-refractivity contribution is 0.0898. The molecule has 114 valence electrons. The van der Waals surface area contributed by atoms with Crippen LogP contribution < -0.4 is 5.48 Å². The van der Waals surface area contributed by atoms with Crippen molar-refractivity contribution in [2.24, 2.45) is 10.9 Å². The standard InChI is InChI=1S/C14H16ClF2N3O/c15-10-2-1-9(12(16)13(10)17)14(19-21)18-11-7-20-5-3-8(11)4-6-20/h1-2,8,11,21H,3-7H2,(H,18,19)/t11-/m0/s1. The number of fused-ring (bicyclic) bond motifs is 3. The van der Waals surface area contributed by atoms with Crippen LogP contribution >= 0.6 is 11.6 Å². The number of aliphatic imine (C=N–C) groups is 1. The van der Waals surface area contributed by atoms with E-state index in [9.17, 15) is 14.0 Å². The Morgan fingerprint density at radius 2 is 2.00 bits per heavy atom. The second kappa shape index (κ2) is 5.87. The van der Waals surface area contributed by atoms with Gasteiger partial charge in [-0.3, -0.25) is 15.7 Å². The number of piperidine rings is 3. The molecule has 4 nitrogen and oxygen atoms in total. The molecule has 0 saturated carbocycles. The molecule has 1 atom stereocenters. The van der Waals surface area contributed by atoms with Gasteiger partial charge in [0, 0.05) is 6.54 Å². The number of nitrogens with zero attached hydrogens (tertiary/aromatic N) is 2. The summed E-state index contributed by atoms with van der Waals surface area (Å²) in [5.41, 5.74) is 1.78. The lowest BCUT2D eigenvalue weighted by Gasteiger charge is -2.43. The molecule has 2 bridgehead atoms. The smallest absolute Gasteiger partial charge is 0.178 e. The van der Waals surface area contributed by atoms with Gasteiger partial charge < -0.3 is 4.90 Å². The highest BCUT2D eigenvalue weighted by molar-refractivity contribution is 6.30. The van der Waals surface area contributed by atoms with Gasteiger partial charge in [0.15, 0.2) is 17.5 Å². The molecular formula is C14H16ClF2N3O. The van der Waals surface area contributed by atoms with Gasteiger partial charge in [0.05, 0.1) is 16.6 Å². The number of amidine groups is 1. The minimum absolute atomic E-state index is 0.0136. The summed E-state index contributed by atoms with van der Waals surface area (Å²) < 4.78 is 27.5. The van der Waals surface area contributed by atoms with Crippen LogP contribution in [0.4, 0.5) is 8.78 Å². The van der Waals surface area contributed by atoms with Gasteiger partial charge in [0.25, 0.3) is 0 Å². The zero-order valence-electron chi connectivity index (χ0n) is 11.3. The molecule has 7 heteroatoms. The van der Waals surface area contributed by atoms with Crippen LogP contribution in [-0.2, 0) is 0 Å². The van der Waals surface area contributed by atoms with E-state index in [2.05, 4.69) is 9.89 Å². The maximum absolute atomic E-state index is 13.9. The van der Waals surface area contributed by atoms with Crippen molar-refractivity contribution in [2.45, 2.75) is 18.9 Å². The van der Waals surface area contributed by atoms with Crippen molar-refractivity contribution in [1.82, 2.24) is 10.4 Å². The first-order valence-electron chi connectivity index (χ1n) is 6.94. The summed E-state index contributed by atoms with van der Waals surface area (Å²) >= 11 is 5.53. The van der Waals surface area contributed by atoms with Gasteiger partial charge in [-0.25, -0.2) is 8.78 Å². The van der Waals surface area contributed by atoms with Gasteiger partial charge >= 0.3 is 0 Å². The van der Waals surface area contributed by atoms with Gasteiger partial charge in [-0.05, 0) is 44.0 Å². The quantitative estimate of drug-likeness (QED) is 0.381. The average Bonchev–Trinajstić information content (AvgIpc) is 2.52. The Morgan fingerprint density at radius 3 is 2.57 bits per heavy atom. The Balaban J connectivity index is 1.91. The highest BCUT2D eigenvalue weighted by Crippen LogP contribution is 2.30. The molecule has 1 aromatic rings. The summed E-state index contributed by atoms with van der Waals surface area (Å²) in [6.45, 7) is 2.90. The normalized spacial score (nSPS) is 28.8. The van der Waals surface area contributed by atoms with Crippen LogP contribution in [-0.4, -0.2) is 41.6 Å². The second-order valence-corrected chi connectivity index (χ2v) is 5.93. The van der Waals surface area contributed by atoms with Crippen molar-refractivity contribution < 1.29 is 14.0 Å². The number of nitrogens with one attached hydrogen (secondary N) is 1. The molecule has 4 rings (SSSR count). The molecule has 3 aliphatic rings. The molecule has 3 fully saturated rings. The summed E-state index contributed by atoms with van der Waals surface area (Å²) in [5, 5.41) is 8.95. The summed E-state index contributed by atoms with van der Waals surface area (Å²) in [6, 6.07) is 2.54. The van der Waals surface area contributed by atoms with Gasteiger partial charge in [-0.15, -0.1) is 0 Å². The monoisotopic (exact) mass is 315 g/mol. The van der Waals surface area contributed by atoms with Crippen LogP contribution in [0.2, 0.25) is 5.02 Å². The molecular weight excluding hydrogens is 300 g/mol. The van der Waals surface area contributed by atoms with Gasteiger partial charge in [-0.2, -0.15) is 0 Å². The Hall–Kier alpha value is -1.24. The first-order chi connectivity index (χ1) is 10.1. The number of benzene rings is 1. The maximum Gasteiger partial charge on any atom is 0.178 e. The summed E-state index contributed by atoms with van der Waals surface area (Å²) in [5.74, 6) is -1.87. The Kier molecular flexibility index (Phi) is 4.10. The van der Waals surface area contributed by atoms with E-state index in [1.54, 1.807) is 0 Å². The van der Waals surface area contributed by atoms with Gasteiger partial charge in [-0.1, -0.05) is 11.6 Å². The van der Waals surface area contributed by atoms with Crippen LogP contribution in [0, 0.1) is 17.6 Å². The van der Waals surface area contributed by atoms with Gasteiger partial charge in [0.2, 0.25) is 0 Å². The van der Waals surface area contributed by atoms with Crippen LogP contribution in [0.25, 0.3) is 0 Å². The third kappa shape index (κ3) is 2.75. The molecule has 2 N–H and O–H groups in total. The Morgan fingerprint density at radius 1 is 1.29 bits per heavy atom. The maximum atomic E-state index is 13.9. The highest BCUT2D eigenvalue weighted by atomic mass is 35.5. The van der Waals surface area contributed by atoms with Crippen molar-refractivity contribution in [3.05, 3.63) is 34.4 Å². The Labute approximate surface area is 126 Å². The first kappa shape index (κ1) is 14.7. The first-order valence-corrected chi connectivity index (χ1v) is 7.32. The molecule has 3 heterocycles. The molecule has 0 amide bonds. The van der Waals surface area contributed by atoms with Crippen molar-refractivity contribution in [3.8, 4) is 0 Å². The van der Waals surface area contributed by atoms with Crippen LogP contribution in [0.3, 0.4) is 0 Å². The molecule has 3 saturated heterocycles. The number of hydroxylamine groups is 1. The number of hydrogen-bond acceptors (Lipinski definition) is 3. The summed E-state index contributed by atoms with van der Waals surface area (Å²) in [6.07, 6.45) is 2.09. The van der Waals surface area contributed by atoms with Crippen molar-refractivity contribution in [1.29, 1.82) is 0 Å². The third-order valence-corrected chi connectivity index (χ3v) is 4.60. The molecule has 21 heavy (non-hydrogen) atoms. The van der Waals surface area contributed by atoms with E-state index in [0.717, 1.165) is 32.5 Å². The van der Waals surface area contributed by atoms with E-state index in [1.165, 1.54) is 12.1 Å². The van der Waals surface area contributed by atoms with E-state index in [1.807, 2.05) is 5.48 Å². The SMILES string of the molecule is ONC(=N[C@H]1CN2CCC1CC2)c1ccc(Cl)c(F)c1F. The fourth-order valence-corrected chi connectivity index (χ4v) is 3.26. The Bertz CT molecular complexity index is 574. The molecule has 0 unspecified atom stereocenters. The molecule has 0 aromatic heterocycles. The number of halogens is 3. The average molecular weight is 316 g/mol. The lowest BCUT2D eigenvalue weighted by atomic mass is 9.84. The zero-order chi connectivity index (χ0) is 15.0. The lowest BCUT2D eigenvalue weighted by Crippen LogP contribution is -2.50. The van der Waals surface area contributed by atoms with Crippen LogP contribution in [0.15, 0.2) is 17.1 Å². The zero-order valence-corrected chi connectivity index (χ0v) is 12.1. The number of rotatable bonds is 2. The second-order valence-electron chi connectivity index (χ2n) is 5.52. The van der Waals surface area contributed by atoms with E-state index >= 15 is 0 Å². The van der Waals surface area contributed by atoms with Crippen molar-refractivity contribution in [2.75, 3.05) is 19.6 Å². The molecule has 1 aromatic carbocycles. The molecule has 0 aliphatic carbocycles. The van der Waals surface area contributed by atoms with Crippen LogP contribution in [0.1, 0.15) is 18.4 Å². The topological polar surface area (TPSA) is 47.9 Å². The minimum Gasteiger partial charge on any atom is -0.301 e. The van der Waals surface area contributed by atoms with Crippen molar-refractivity contribution >= 4 is 17.4 Å². The minimum atomic E-state index is -1.13. The van der Waals surface area contributed by atoms with E-state index in [4.69, 9.17) is 11.6 Å². The largest absolute Gasteiger partial charge is 0.301 e. The van der Waals surface area contributed by atoms with E-state index in [-0.39, 0.29) is 22.5 Å². The summed E-state index contributed by atoms with van der Waals surface area (Å²) in [7, 11) is 0. The fourth-order valence-electron chi connectivity index (χ4n) is 3.11. The third-order valence-electron chi connectivity index (χ3n) is 4.31. The predicted molar refractivity (Wildman–Crippen MR) is 75.8 cm³/mol. The number of hydrogen-bond donors (Lipinski definition) is 2. The fraction of sp³-hybridized carbons (Fsp3) is 0.500.